The van der Waals surface area contributed by atoms with Crippen molar-refractivity contribution in [1.29, 1.82) is 0 Å². The number of anilines is 1. The Morgan fingerprint density at radius 2 is 1.95 bits per heavy atom. The van der Waals surface area contributed by atoms with Crippen LogP contribution in [0, 0.1) is 0 Å². The first kappa shape index (κ1) is 16.4. The lowest BCUT2D eigenvalue weighted by Crippen LogP contribution is -2.26. The van der Waals surface area contributed by atoms with Crippen molar-refractivity contribution in [1.82, 2.24) is 9.55 Å². The second-order valence-electron chi connectivity index (χ2n) is 4.58. The van der Waals surface area contributed by atoms with Gasteiger partial charge >= 0.3 is 13.3 Å². The Kier molecular flexibility index (Phi) is 5.10. The maximum Gasteiger partial charge on any atom is 0.350 e. The van der Waals surface area contributed by atoms with E-state index in [1.807, 2.05) is 30.3 Å². The highest BCUT2D eigenvalue weighted by atomic mass is 31.2. The third-order valence-electron chi connectivity index (χ3n) is 2.84. The number of nitrogens with two attached hydrogens (primary N) is 1. The smallest absolute Gasteiger partial charge is 0.350 e. The van der Waals surface area contributed by atoms with Crippen LogP contribution >= 0.6 is 7.60 Å². The third-order valence-corrected chi connectivity index (χ3v) is 3.36. The van der Waals surface area contributed by atoms with Gasteiger partial charge in [-0.05, 0) is 5.56 Å². The van der Waals surface area contributed by atoms with Gasteiger partial charge in [0.15, 0.2) is 0 Å². The van der Waals surface area contributed by atoms with E-state index in [-0.39, 0.29) is 19.0 Å². The lowest BCUT2D eigenvalue weighted by Gasteiger charge is -2.11. The zero-order chi connectivity index (χ0) is 16.2. The highest BCUT2D eigenvalue weighted by Crippen LogP contribution is 2.33. The zero-order valence-corrected chi connectivity index (χ0v) is 12.5. The number of hydrogen-bond acceptors (Lipinski definition) is 5. The molecular weight excluding hydrogens is 309 g/mol. The molecular formula is C13H16N3O5P. The number of ether oxygens (including phenoxy) is 1. The molecule has 4 N–H and O–H groups in total. The van der Waals surface area contributed by atoms with Crippen LogP contribution in [0.2, 0.25) is 0 Å². The molecule has 2 aromatic rings. The molecule has 0 aliphatic heterocycles. The van der Waals surface area contributed by atoms with Gasteiger partial charge in [0.1, 0.15) is 12.2 Å². The van der Waals surface area contributed by atoms with Crippen molar-refractivity contribution >= 4 is 13.4 Å². The molecule has 0 saturated heterocycles. The summed E-state index contributed by atoms with van der Waals surface area (Å²) < 4.78 is 16.8. The van der Waals surface area contributed by atoms with Gasteiger partial charge in [-0.15, -0.1) is 0 Å². The lowest BCUT2D eigenvalue weighted by molar-refractivity contribution is 0.148. The number of rotatable bonds is 6. The Hall–Kier alpha value is -1.99. The summed E-state index contributed by atoms with van der Waals surface area (Å²) in [5, 5.41) is 0. The average molecular weight is 325 g/mol. The Balaban J connectivity index is 2.15. The molecule has 0 amide bonds. The molecule has 1 heterocycles. The predicted molar refractivity (Wildman–Crippen MR) is 81.2 cm³/mol. The van der Waals surface area contributed by atoms with E-state index in [1.54, 1.807) is 6.20 Å². The summed E-state index contributed by atoms with van der Waals surface area (Å²) in [6.45, 7) is 0.0940. The standard InChI is InChI=1S/C13H16N3O5P/c14-12-11(10-4-2-1-3-5-10)8-16(13(17)15-12)6-7-21-9-22(18,19)20/h1-5,8H,6-7,9H2,(H2,14,15,17)(H2,18,19,20). The van der Waals surface area contributed by atoms with E-state index >= 15 is 0 Å². The highest BCUT2D eigenvalue weighted by Gasteiger charge is 2.13. The summed E-state index contributed by atoms with van der Waals surface area (Å²) in [4.78, 5) is 32.9. The average Bonchev–Trinajstić information content (AvgIpc) is 2.45. The predicted octanol–water partition coefficient (Wildman–Crippen LogP) is 0.644. The molecule has 0 spiro atoms. The fraction of sp³-hybridized carbons (Fsp3) is 0.231. The molecule has 0 aliphatic carbocycles. The molecule has 0 atom stereocenters. The van der Waals surface area contributed by atoms with E-state index in [0.717, 1.165) is 5.56 Å². The summed E-state index contributed by atoms with van der Waals surface area (Å²) in [6.07, 6.45) is 0.872. The van der Waals surface area contributed by atoms with Crippen LogP contribution in [-0.2, 0) is 15.8 Å². The second kappa shape index (κ2) is 6.85. The van der Waals surface area contributed by atoms with Gasteiger partial charge in [-0.25, -0.2) is 4.79 Å². The van der Waals surface area contributed by atoms with Crippen LogP contribution in [0.4, 0.5) is 5.82 Å². The van der Waals surface area contributed by atoms with E-state index in [0.29, 0.717) is 5.56 Å². The van der Waals surface area contributed by atoms with E-state index in [2.05, 4.69) is 4.98 Å². The highest BCUT2D eigenvalue weighted by molar-refractivity contribution is 7.51. The van der Waals surface area contributed by atoms with Crippen molar-refractivity contribution in [3.63, 3.8) is 0 Å². The summed E-state index contributed by atoms with van der Waals surface area (Å²) in [5.74, 6) is 0.128. The quantitative estimate of drug-likeness (QED) is 0.525. The maximum absolute atomic E-state index is 11.8. The van der Waals surface area contributed by atoms with Crippen molar-refractivity contribution in [2.75, 3.05) is 18.7 Å². The summed E-state index contributed by atoms with van der Waals surface area (Å²) >= 11 is 0. The van der Waals surface area contributed by atoms with Crippen molar-refractivity contribution < 1.29 is 19.1 Å². The third kappa shape index (κ3) is 4.51. The molecule has 0 bridgehead atoms. The number of hydrogen-bond donors (Lipinski definition) is 3. The molecule has 9 heteroatoms. The second-order valence-corrected chi connectivity index (χ2v) is 6.17. The number of aromatic nitrogens is 2. The van der Waals surface area contributed by atoms with Crippen molar-refractivity contribution in [2.45, 2.75) is 6.54 Å². The van der Waals surface area contributed by atoms with E-state index < -0.39 is 19.6 Å². The van der Waals surface area contributed by atoms with Gasteiger partial charge in [-0.3, -0.25) is 9.13 Å². The van der Waals surface area contributed by atoms with Gasteiger partial charge in [-0.1, -0.05) is 30.3 Å². The first-order valence-electron chi connectivity index (χ1n) is 6.41. The van der Waals surface area contributed by atoms with Crippen LogP contribution in [0.1, 0.15) is 0 Å². The Morgan fingerprint density at radius 1 is 1.27 bits per heavy atom. The Bertz CT molecular complexity index is 741. The van der Waals surface area contributed by atoms with Gasteiger partial charge in [0.2, 0.25) is 0 Å². The Morgan fingerprint density at radius 3 is 2.59 bits per heavy atom. The van der Waals surface area contributed by atoms with Crippen molar-refractivity contribution in [3.05, 3.63) is 47.0 Å². The van der Waals surface area contributed by atoms with Crippen molar-refractivity contribution in [2.24, 2.45) is 0 Å². The van der Waals surface area contributed by atoms with Crippen LogP contribution in [-0.4, -0.2) is 32.3 Å². The monoisotopic (exact) mass is 325 g/mol. The first-order chi connectivity index (χ1) is 10.4. The molecule has 118 valence electrons. The molecule has 1 aromatic carbocycles. The lowest BCUT2D eigenvalue weighted by atomic mass is 10.1. The number of benzene rings is 1. The van der Waals surface area contributed by atoms with Gasteiger partial charge in [0.05, 0.1) is 13.2 Å². The number of nitrogen functional groups attached to an aromatic ring is 1. The van der Waals surface area contributed by atoms with Crippen molar-refractivity contribution in [3.8, 4) is 11.1 Å². The van der Waals surface area contributed by atoms with Gasteiger partial charge < -0.3 is 20.3 Å². The fourth-order valence-corrected chi connectivity index (χ4v) is 2.22. The van der Waals surface area contributed by atoms with Crippen LogP contribution in [0.15, 0.2) is 41.3 Å². The van der Waals surface area contributed by atoms with Gasteiger partial charge in [0.25, 0.3) is 0 Å². The topological polar surface area (TPSA) is 128 Å². The van der Waals surface area contributed by atoms with Crippen LogP contribution in [0.25, 0.3) is 11.1 Å². The molecule has 0 unspecified atom stereocenters. The molecule has 0 fully saturated rings. The molecule has 2 rings (SSSR count). The summed E-state index contributed by atoms with van der Waals surface area (Å²) in [5.41, 5.74) is 6.65. The molecule has 8 nitrogen and oxygen atoms in total. The summed E-state index contributed by atoms with van der Waals surface area (Å²) in [6, 6.07) is 9.22. The van der Waals surface area contributed by atoms with Gasteiger partial charge in [-0.2, -0.15) is 4.98 Å². The zero-order valence-electron chi connectivity index (χ0n) is 11.6. The number of nitrogens with zero attached hydrogens (tertiary/aromatic N) is 2. The fourth-order valence-electron chi connectivity index (χ4n) is 1.85. The van der Waals surface area contributed by atoms with Crippen LogP contribution in [0.3, 0.4) is 0 Å². The maximum atomic E-state index is 11.8. The molecule has 0 aliphatic rings. The van der Waals surface area contributed by atoms with E-state index in [4.69, 9.17) is 20.3 Å². The minimum Gasteiger partial charge on any atom is -0.383 e. The minimum absolute atomic E-state index is 0.0230. The van der Waals surface area contributed by atoms with Crippen LogP contribution in [0.5, 0.6) is 0 Å². The largest absolute Gasteiger partial charge is 0.383 e. The molecule has 22 heavy (non-hydrogen) atoms. The van der Waals surface area contributed by atoms with Crippen LogP contribution < -0.4 is 11.4 Å². The molecule has 0 radical (unpaired) electrons. The normalized spacial score (nSPS) is 11.5. The molecule has 0 saturated carbocycles. The minimum atomic E-state index is -4.21. The van der Waals surface area contributed by atoms with Gasteiger partial charge in [0, 0.05) is 11.8 Å². The van der Waals surface area contributed by atoms with E-state index in [1.165, 1.54) is 4.57 Å². The SMILES string of the molecule is Nc1nc(=O)n(CCOCP(=O)(O)O)cc1-c1ccccc1. The molecule has 1 aromatic heterocycles. The summed E-state index contributed by atoms with van der Waals surface area (Å²) in [7, 11) is -4.21. The van der Waals surface area contributed by atoms with E-state index in [9.17, 15) is 9.36 Å². The first-order valence-corrected chi connectivity index (χ1v) is 8.21. The Labute approximate surface area is 126 Å².